The third kappa shape index (κ3) is 4.80. The molecule has 0 aromatic heterocycles. The van der Waals surface area contributed by atoms with Crippen LogP contribution in [0.4, 0.5) is 0 Å². The maximum absolute atomic E-state index is 3.69. The summed E-state index contributed by atoms with van der Waals surface area (Å²) in [6.07, 6.45) is 8.04. The van der Waals surface area contributed by atoms with Gasteiger partial charge in [0.05, 0.1) is 0 Å². The van der Waals surface area contributed by atoms with E-state index in [0.29, 0.717) is 6.04 Å². The Bertz CT molecular complexity index is 421. The first kappa shape index (κ1) is 17.0. The highest BCUT2D eigenvalue weighted by atomic mass is 79.9. The fourth-order valence-electron chi connectivity index (χ4n) is 3.50. The van der Waals surface area contributed by atoms with Crippen LogP contribution in [0.5, 0.6) is 0 Å². The molecule has 1 N–H and O–H groups in total. The number of nitrogens with zero attached hydrogens (tertiary/aromatic N) is 1. The van der Waals surface area contributed by atoms with Crippen molar-refractivity contribution in [2.75, 3.05) is 20.1 Å². The highest BCUT2D eigenvalue weighted by Crippen LogP contribution is 2.27. The van der Waals surface area contributed by atoms with Crippen LogP contribution in [-0.2, 0) is 0 Å². The topological polar surface area (TPSA) is 15.3 Å². The molecule has 1 aromatic rings. The summed E-state index contributed by atoms with van der Waals surface area (Å²) in [4.78, 5) is 2.73. The Morgan fingerprint density at radius 2 is 2.10 bits per heavy atom. The molecule has 2 atom stereocenters. The van der Waals surface area contributed by atoms with Gasteiger partial charge >= 0.3 is 0 Å². The molecule has 2 rings (SSSR count). The largest absolute Gasteiger partial charge is 0.313 e. The highest BCUT2D eigenvalue weighted by Gasteiger charge is 2.21. The number of nitrogens with one attached hydrogen (secondary N) is 1. The Kier molecular flexibility index (Phi) is 7.21. The summed E-state index contributed by atoms with van der Waals surface area (Å²) in [7, 11) is 2.07. The highest BCUT2D eigenvalue weighted by molar-refractivity contribution is 9.10. The lowest BCUT2D eigenvalue weighted by atomic mass is 10.0. The summed E-state index contributed by atoms with van der Waals surface area (Å²) in [5.74, 6) is 0. The maximum atomic E-state index is 3.69. The molecule has 118 valence electrons. The Balaban J connectivity index is 1.97. The van der Waals surface area contributed by atoms with Gasteiger partial charge in [0.1, 0.15) is 0 Å². The number of halogens is 1. The fraction of sp³-hybridized carbons (Fsp3) is 0.667. The average Bonchev–Trinajstić information content (AvgIpc) is 2.74. The fourth-order valence-corrected chi connectivity index (χ4v) is 4.06. The van der Waals surface area contributed by atoms with Crippen molar-refractivity contribution in [1.82, 2.24) is 10.2 Å². The number of hydrogen-bond donors (Lipinski definition) is 1. The second kappa shape index (κ2) is 8.92. The van der Waals surface area contributed by atoms with Crippen LogP contribution < -0.4 is 5.32 Å². The van der Waals surface area contributed by atoms with Crippen molar-refractivity contribution >= 4 is 15.9 Å². The first-order valence-corrected chi connectivity index (χ1v) is 9.21. The van der Waals surface area contributed by atoms with Crippen LogP contribution in [0.15, 0.2) is 28.7 Å². The van der Waals surface area contributed by atoms with Crippen LogP contribution in [0.3, 0.4) is 0 Å². The number of likely N-dealkylation sites (tertiary alicyclic amines) is 1. The molecule has 0 spiro atoms. The molecule has 1 saturated heterocycles. The molecule has 1 aliphatic heterocycles. The molecule has 2 nitrogen and oxygen atoms in total. The number of hydrogen-bond acceptors (Lipinski definition) is 2. The van der Waals surface area contributed by atoms with Gasteiger partial charge in [-0.3, -0.25) is 0 Å². The van der Waals surface area contributed by atoms with Gasteiger partial charge in [-0.05, 0) is 50.9 Å². The van der Waals surface area contributed by atoms with E-state index in [2.05, 4.69) is 64.4 Å². The number of rotatable bonds is 6. The van der Waals surface area contributed by atoms with Gasteiger partial charge in [0.25, 0.3) is 0 Å². The molecule has 0 saturated carbocycles. The van der Waals surface area contributed by atoms with E-state index in [1.165, 1.54) is 61.7 Å². The molecule has 2 unspecified atom stereocenters. The van der Waals surface area contributed by atoms with Gasteiger partial charge in [-0.15, -0.1) is 0 Å². The second-order valence-electron chi connectivity index (χ2n) is 6.10. The van der Waals surface area contributed by atoms with Crippen LogP contribution in [0.2, 0.25) is 0 Å². The maximum Gasteiger partial charge on any atom is 0.0340 e. The zero-order valence-electron chi connectivity index (χ0n) is 13.4. The quantitative estimate of drug-likeness (QED) is 0.794. The molecular weight excluding hydrogens is 324 g/mol. The zero-order valence-corrected chi connectivity index (χ0v) is 15.0. The Morgan fingerprint density at radius 1 is 1.29 bits per heavy atom. The van der Waals surface area contributed by atoms with E-state index in [1.807, 2.05) is 0 Å². The minimum absolute atomic E-state index is 0.432. The van der Waals surface area contributed by atoms with Gasteiger partial charge in [0, 0.05) is 23.1 Å². The van der Waals surface area contributed by atoms with Gasteiger partial charge in [0.2, 0.25) is 0 Å². The average molecular weight is 353 g/mol. The monoisotopic (exact) mass is 352 g/mol. The van der Waals surface area contributed by atoms with Crippen molar-refractivity contribution < 1.29 is 0 Å². The van der Waals surface area contributed by atoms with E-state index in [0.717, 1.165) is 6.04 Å². The third-order valence-corrected chi connectivity index (χ3v) is 5.53. The third-order valence-electron chi connectivity index (χ3n) is 4.80. The Morgan fingerprint density at radius 3 is 2.81 bits per heavy atom. The molecule has 1 fully saturated rings. The minimum atomic E-state index is 0.432. The van der Waals surface area contributed by atoms with Gasteiger partial charge < -0.3 is 10.2 Å². The lowest BCUT2D eigenvalue weighted by Crippen LogP contribution is -2.36. The van der Waals surface area contributed by atoms with Crippen LogP contribution in [-0.4, -0.2) is 31.1 Å². The second-order valence-corrected chi connectivity index (χ2v) is 6.95. The summed E-state index contributed by atoms with van der Waals surface area (Å²) >= 11 is 3.69. The summed E-state index contributed by atoms with van der Waals surface area (Å²) in [6.45, 7) is 4.82. The predicted octanol–water partition coefficient (Wildman–Crippen LogP) is 4.75. The molecule has 1 aliphatic rings. The number of benzene rings is 1. The summed E-state index contributed by atoms with van der Waals surface area (Å²) in [5, 5.41) is 3.49. The first-order chi connectivity index (χ1) is 10.3. The molecule has 21 heavy (non-hydrogen) atoms. The van der Waals surface area contributed by atoms with E-state index < -0.39 is 0 Å². The van der Waals surface area contributed by atoms with Gasteiger partial charge in [-0.25, -0.2) is 0 Å². The standard InChI is InChI=1S/C18H29BrN2/c1-3-15-9-5-4-8-13-21(15)14-12-18(20-2)16-10-6-7-11-17(16)19/h6-7,10-11,15,18,20H,3-5,8-9,12-14H2,1-2H3. The zero-order chi connectivity index (χ0) is 15.1. The smallest absolute Gasteiger partial charge is 0.0340 e. The van der Waals surface area contributed by atoms with Crippen molar-refractivity contribution in [1.29, 1.82) is 0 Å². The van der Waals surface area contributed by atoms with Crippen LogP contribution in [0.1, 0.15) is 57.1 Å². The van der Waals surface area contributed by atoms with Crippen molar-refractivity contribution in [3.8, 4) is 0 Å². The molecule has 0 bridgehead atoms. The summed E-state index contributed by atoms with van der Waals surface area (Å²) < 4.78 is 1.22. The van der Waals surface area contributed by atoms with E-state index in [4.69, 9.17) is 0 Å². The van der Waals surface area contributed by atoms with Crippen LogP contribution in [0.25, 0.3) is 0 Å². The molecule has 0 aliphatic carbocycles. The van der Waals surface area contributed by atoms with Gasteiger partial charge in [0.15, 0.2) is 0 Å². The Hall–Kier alpha value is -0.380. The minimum Gasteiger partial charge on any atom is -0.313 e. The molecule has 1 heterocycles. The molecule has 1 aromatic carbocycles. The Labute approximate surface area is 138 Å². The first-order valence-electron chi connectivity index (χ1n) is 8.42. The predicted molar refractivity (Wildman–Crippen MR) is 94.7 cm³/mol. The van der Waals surface area contributed by atoms with Crippen molar-refractivity contribution in [3.63, 3.8) is 0 Å². The lowest BCUT2D eigenvalue weighted by Gasteiger charge is -2.31. The van der Waals surface area contributed by atoms with Crippen molar-refractivity contribution in [3.05, 3.63) is 34.3 Å². The normalized spacial score (nSPS) is 22.0. The molecule has 0 radical (unpaired) electrons. The molecular formula is C18H29BrN2. The van der Waals surface area contributed by atoms with E-state index >= 15 is 0 Å². The van der Waals surface area contributed by atoms with Gasteiger partial charge in [-0.2, -0.15) is 0 Å². The summed E-state index contributed by atoms with van der Waals surface area (Å²) in [6, 6.07) is 9.81. The molecule has 0 amide bonds. The SMILES string of the molecule is CCC1CCCCCN1CCC(NC)c1ccccc1Br. The van der Waals surface area contributed by atoms with Crippen molar-refractivity contribution in [2.45, 2.75) is 57.5 Å². The van der Waals surface area contributed by atoms with Gasteiger partial charge in [-0.1, -0.05) is 53.9 Å². The molecule has 3 heteroatoms. The van der Waals surface area contributed by atoms with E-state index in [1.54, 1.807) is 0 Å². The van der Waals surface area contributed by atoms with E-state index in [-0.39, 0.29) is 0 Å². The van der Waals surface area contributed by atoms with Crippen molar-refractivity contribution in [2.24, 2.45) is 0 Å². The summed E-state index contributed by atoms with van der Waals surface area (Å²) in [5.41, 5.74) is 1.38. The van der Waals surface area contributed by atoms with Crippen LogP contribution in [0, 0.1) is 0 Å². The van der Waals surface area contributed by atoms with E-state index in [9.17, 15) is 0 Å². The lowest BCUT2D eigenvalue weighted by molar-refractivity contribution is 0.185. The van der Waals surface area contributed by atoms with Crippen LogP contribution >= 0.6 is 15.9 Å².